The standard InChI is InChI=1S/C19H18ClFN2O4S/c1-10-8-15(22-17(24)12-6-5-11(21)9-13(12)20)28-16(10)18(25)23-7-3-4-14(23)19(26)27-2/h5-6,8-9,14H,3-4,7H2,1-2H3,(H,22,24). The molecule has 148 valence electrons. The van der Waals surface area contributed by atoms with Crippen molar-refractivity contribution >= 4 is 45.7 Å². The number of aryl methyl sites for hydroxylation is 1. The van der Waals surface area contributed by atoms with Gasteiger partial charge >= 0.3 is 5.97 Å². The first-order valence-electron chi connectivity index (χ1n) is 8.57. The van der Waals surface area contributed by atoms with E-state index in [0.29, 0.717) is 28.4 Å². The third-order valence-corrected chi connectivity index (χ3v) is 5.96. The number of methoxy groups -OCH3 is 1. The molecule has 1 aromatic carbocycles. The summed E-state index contributed by atoms with van der Waals surface area (Å²) in [4.78, 5) is 39.2. The van der Waals surface area contributed by atoms with Crippen LogP contribution in [0.15, 0.2) is 24.3 Å². The molecule has 1 unspecified atom stereocenters. The lowest BCUT2D eigenvalue weighted by Crippen LogP contribution is -2.41. The molecule has 1 aliphatic rings. The molecule has 0 radical (unpaired) electrons. The topological polar surface area (TPSA) is 75.7 Å². The van der Waals surface area contributed by atoms with Crippen molar-refractivity contribution in [1.29, 1.82) is 0 Å². The quantitative estimate of drug-likeness (QED) is 0.756. The van der Waals surface area contributed by atoms with Crippen LogP contribution in [0.1, 0.15) is 38.4 Å². The predicted octanol–water partition coefficient (Wildman–Crippen LogP) is 3.88. The highest BCUT2D eigenvalue weighted by Gasteiger charge is 2.36. The Labute approximate surface area is 170 Å². The van der Waals surface area contributed by atoms with Gasteiger partial charge in [0.2, 0.25) is 0 Å². The molecule has 9 heteroatoms. The number of carbonyl (C=O) groups excluding carboxylic acids is 3. The van der Waals surface area contributed by atoms with E-state index >= 15 is 0 Å². The molecule has 1 N–H and O–H groups in total. The number of hydrogen-bond acceptors (Lipinski definition) is 5. The monoisotopic (exact) mass is 424 g/mol. The molecular formula is C19H18ClFN2O4S. The fraction of sp³-hybridized carbons (Fsp3) is 0.316. The maximum atomic E-state index is 13.2. The molecule has 1 atom stereocenters. The molecule has 2 amide bonds. The Bertz CT molecular complexity index is 946. The zero-order valence-corrected chi connectivity index (χ0v) is 16.8. The molecule has 0 bridgehead atoms. The fourth-order valence-corrected chi connectivity index (χ4v) is 4.41. The molecule has 2 heterocycles. The first kappa shape index (κ1) is 20.3. The fourth-order valence-electron chi connectivity index (χ4n) is 3.13. The second-order valence-corrected chi connectivity index (χ2v) is 7.84. The average Bonchev–Trinajstić information content (AvgIpc) is 3.27. The van der Waals surface area contributed by atoms with Crippen LogP contribution < -0.4 is 5.32 Å². The van der Waals surface area contributed by atoms with Gasteiger partial charge in [-0.25, -0.2) is 9.18 Å². The molecule has 1 saturated heterocycles. The highest BCUT2D eigenvalue weighted by Crippen LogP contribution is 2.31. The molecule has 0 spiro atoms. The molecule has 6 nitrogen and oxygen atoms in total. The van der Waals surface area contributed by atoms with Gasteiger partial charge in [-0.1, -0.05) is 11.6 Å². The minimum absolute atomic E-state index is 0.0000597. The number of ether oxygens (including phenoxy) is 1. The summed E-state index contributed by atoms with van der Waals surface area (Å²) in [7, 11) is 1.30. The maximum absolute atomic E-state index is 13.2. The van der Waals surface area contributed by atoms with Gasteiger partial charge in [0, 0.05) is 6.54 Å². The second-order valence-electron chi connectivity index (χ2n) is 6.38. The SMILES string of the molecule is COC(=O)C1CCCN1C(=O)c1sc(NC(=O)c2ccc(F)cc2Cl)cc1C. The van der Waals surface area contributed by atoms with Crippen LogP contribution in [0.4, 0.5) is 9.39 Å². The van der Waals surface area contributed by atoms with E-state index in [1.807, 2.05) is 0 Å². The molecule has 28 heavy (non-hydrogen) atoms. The number of anilines is 1. The van der Waals surface area contributed by atoms with Crippen molar-refractivity contribution in [1.82, 2.24) is 4.90 Å². The van der Waals surface area contributed by atoms with Crippen molar-refractivity contribution in [3.8, 4) is 0 Å². The summed E-state index contributed by atoms with van der Waals surface area (Å²) >= 11 is 7.04. The number of esters is 1. The Morgan fingerprint density at radius 2 is 2.07 bits per heavy atom. The van der Waals surface area contributed by atoms with Gasteiger partial charge in [0.25, 0.3) is 11.8 Å². The van der Waals surface area contributed by atoms with Gasteiger partial charge in [0.05, 0.1) is 27.6 Å². The van der Waals surface area contributed by atoms with Crippen molar-refractivity contribution in [2.75, 3.05) is 19.0 Å². The van der Waals surface area contributed by atoms with Crippen LogP contribution in [0.3, 0.4) is 0 Å². The summed E-state index contributed by atoms with van der Waals surface area (Å²) in [5, 5.41) is 3.14. The maximum Gasteiger partial charge on any atom is 0.328 e. The first-order chi connectivity index (χ1) is 13.3. The Balaban J connectivity index is 1.78. The smallest absolute Gasteiger partial charge is 0.328 e. The van der Waals surface area contributed by atoms with Gasteiger partial charge in [-0.2, -0.15) is 0 Å². The minimum atomic E-state index is -0.588. The van der Waals surface area contributed by atoms with Crippen LogP contribution in [0.2, 0.25) is 5.02 Å². The Morgan fingerprint density at radius 3 is 2.75 bits per heavy atom. The van der Waals surface area contributed by atoms with Crippen LogP contribution in [0.25, 0.3) is 0 Å². The number of thiophene rings is 1. The highest BCUT2D eigenvalue weighted by molar-refractivity contribution is 7.18. The lowest BCUT2D eigenvalue weighted by atomic mass is 10.2. The molecule has 0 saturated carbocycles. The lowest BCUT2D eigenvalue weighted by Gasteiger charge is -2.22. The van der Waals surface area contributed by atoms with Gasteiger partial charge in [-0.15, -0.1) is 11.3 Å². The van der Waals surface area contributed by atoms with Crippen molar-refractivity contribution in [2.24, 2.45) is 0 Å². The van der Waals surface area contributed by atoms with Crippen LogP contribution in [0.5, 0.6) is 0 Å². The summed E-state index contributed by atoms with van der Waals surface area (Å²) < 4.78 is 17.9. The van der Waals surface area contributed by atoms with Crippen molar-refractivity contribution < 1.29 is 23.5 Å². The Morgan fingerprint density at radius 1 is 1.32 bits per heavy atom. The molecule has 0 aliphatic carbocycles. The van der Waals surface area contributed by atoms with E-state index < -0.39 is 23.7 Å². The summed E-state index contributed by atoms with van der Waals surface area (Å²) in [6, 6.07) is 4.59. The van der Waals surface area contributed by atoms with Crippen LogP contribution in [0, 0.1) is 12.7 Å². The normalized spacial score (nSPS) is 16.1. The van der Waals surface area contributed by atoms with Gasteiger partial charge in [-0.3, -0.25) is 9.59 Å². The lowest BCUT2D eigenvalue weighted by molar-refractivity contribution is -0.145. The third-order valence-electron chi connectivity index (χ3n) is 4.51. The van der Waals surface area contributed by atoms with Gasteiger partial charge in [0.15, 0.2) is 0 Å². The predicted molar refractivity (Wildman–Crippen MR) is 104 cm³/mol. The van der Waals surface area contributed by atoms with E-state index in [9.17, 15) is 18.8 Å². The zero-order chi connectivity index (χ0) is 20.4. The zero-order valence-electron chi connectivity index (χ0n) is 15.3. The second kappa shape index (κ2) is 8.28. The number of rotatable bonds is 4. The summed E-state index contributed by atoms with van der Waals surface area (Å²) in [6.45, 7) is 2.23. The van der Waals surface area contributed by atoms with Gasteiger partial charge in [-0.05, 0) is 49.6 Å². The van der Waals surface area contributed by atoms with Crippen molar-refractivity contribution in [3.05, 3.63) is 51.1 Å². The number of nitrogens with one attached hydrogen (secondary N) is 1. The largest absolute Gasteiger partial charge is 0.467 e. The van der Waals surface area contributed by atoms with E-state index in [1.54, 1.807) is 13.0 Å². The van der Waals surface area contributed by atoms with Crippen molar-refractivity contribution in [2.45, 2.75) is 25.8 Å². The van der Waals surface area contributed by atoms with E-state index in [1.165, 1.54) is 18.1 Å². The van der Waals surface area contributed by atoms with Gasteiger partial charge in [0.1, 0.15) is 11.9 Å². The van der Waals surface area contributed by atoms with E-state index in [2.05, 4.69) is 5.32 Å². The van der Waals surface area contributed by atoms with E-state index in [0.717, 1.165) is 29.9 Å². The average molecular weight is 425 g/mol. The summed E-state index contributed by atoms with van der Waals surface area (Å²) in [5.74, 6) is -1.73. The first-order valence-corrected chi connectivity index (χ1v) is 9.77. The van der Waals surface area contributed by atoms with Crippen LogP contribution >= 0.6 is 22.9 Å². The van der Waals surface area contributed by atoms with Crippen LogP contribution in [-0.4, -0.2) is 42.4 Å². The number of amides is 2. The number of carbonyl (C=O) groups is 3. The van der Waals surface area contributed by atoms with Crippen LogP contribution in [-0.2, 0) is 9.53 Å². The molecule has 1 fully saturated rings. The highest BCUT2D eigenvalue weighted by atomic mass is 35.5. The number of benzene rings is 1. The molecule has 1 aromatic heterocycles. The third kappa shape index (κ3) is 4.02. The molecule has 1 aliphatic heterocycles. The Hall–Kier alpha value is -2.45. The van der Waals surface area contributed by atoms with E-state index in [4.69, 9.17) is 16.3 Å². The Kier molecular flexibility index (Phi) is 6.00. The van der Waals surface area contributed by atoms with Gasteiger partial charge < -0.3 is 15.0 Å². The van der Waals surface area contributed by atoms with E-state index in [-0.39, 0.29) is 16.5 Å². The summed E-state index contributed by atoms with van der Waals surface area (Å²) in [6.07, 6.45) is 1.29. The number of nitrogens with zero attached hydrogens (tertiary/aromatic N) is 1. The minimum Gasteiger partial charge on any atom is -0.467 e. The summed E-state index contributed by atoms with van der Waals surface area (Å²) in [5.41, 5.74) is 0.818. The van der Waals surface area contributed by atoms with Crippen molar-refractivity contribution in [3.63, 3.8) is 0 Å². The number of likely N-dealkylation sites (tertiary alicyclic amines) is 1. The molecular weight excluding hydrogens is 407 g/mol. The molecule has 3 rings (SSSR count). The number of halogens is 2. The molecule has 2 aromatic rings. The number of hydrogen-bond donors (Lipinski definition) is 1.